The number of hydrogen-bond donors (Lipinski definition) is 1. The molecule has 1 rings (SSSR count). The van der Waals surface area contributed by atoms with E-state index < -0.39 is 0 Å². The Morgan fingerprint density at radius 3 is 2.61 bits per heavy atom. The maximum Gasteiger partial charge on any atom is 0.0741 e. The van der Waals surface area contributed by atoms with Crippen LogP contribution in [0.5, 0.6) is 0 Å². The van der Waals surface area contributed by atoms with Crippen molar-refractivity contribution in [3.05, 3.63) is 16.4 Å². The zero-order valence-corrected chi connectivity index (χ0v) is 13.5. The Bertz CT molecular complexity index is 371. The lowest BCUT2D eigenvalue weighted by molar-refractivity contribution is -0.0157. The molecular weight excluding hydrogens is 294 g/mol. The van der Waals surface area contributed by atoms with Crippen LogP contribution in [-0.4, -0.2) is 28.5 Å². The van der Waals surface area contributed by atoms with E-state index in [0.29, 0.717) is 6.61 Å². The molecule has 0 saturated heterocycles. The summed E-state index contributed by atoms with van der Waals surface area (Å²) in [5, 5.41) is 7.81. The van der Waals surface area contributed by atoms with Gasteiger partial charge in [0.2, 0.25) is 0 Å². The van der Waals surface area contributed by atoms with E-state index in [4.69, 9.17) is 4.74 Å². The molecule has 0 saturated carbocycles. The molecule has 1 aromatic rings. The minimum absolute atomic E-state index is 0.128. The third-order valence-corrected chi connectivity index (χ3v) is 3.21. The number of hydrogen-bond acceptors (Lipinski definition) is 3. The molecule has 1 aromatic heterocycles. The van der Waals surface area contributed by atoms with E-state index in [-0.39, 0.29) is 11.6 Å². The summed E-state index contributed by atoms with van der Waals surface area (Å²) in [5.74, 6) is 0. The van der Waals surface area contributed by atoms with Crippen molar-refractivity contribution in [2.24, 2.45) is 0 Å². The molecule has 0 fully saturated rings. The first kappa shape index (κ1) is 15.7. The summed E-state index contributed by atoms with van der Waals surface area (Å²) < 4.78 is 8.94. The Balaban J connectivity index is 2.86. The normalized spacial score (nSPS) is 13.9. The van der Waals surface area contributed by atoms with Crippen molar-refractivity contribution in [2.75, 3.05) is 13.2 Å². The van der Waals surface area contributed by atoms with Crippen LogP contribution in [0.15, 0.2) is 10.7 Å². The van der Waals surface area contributed by atoms with Crippen molar-refractivity contribution in [1.82, 2.24) is 15.1 Å². The summed E-state index contributed by atoms with van der Waals surface area (Å²) >= 11 is 3.57. The Morgan fingerprint density at radius 1 is 1.44 bits per heavy atom. The second-order valence-electron chi connectivity index (χ2n) is 5.23. The average Bonchev–Trinajstić information content (AvgIpc) is 2.64. The van der Waals surface area contributed by atoms with Crippen LogP contribution in [0, 0.1) is 0 Å². The van der Waals surface area contributed by atoms with Gasteiger partial charge in [-0.15, -0.1) is 0 Å². The van der Waals surface area contributed by atoms with Crippen LogP contribution in [0.25, 0.3) is 0 Å². The average molecular weight is 318 g/mol. The zero-order chi connectivity index (χ0) is 13.8. The molecule has 0 aliphatic rings. The van der Waals surface area contributed by atoms with Gasteiger partial charge in [0.1, 0.15) is 0 Å². The van der Waals surface area contributed by atoms with Crippen molar-refractivity contribution in [3.8, 4) is 0 Å². The lowest BCUT2D eigenvalue weighted by Gasteiger charge is -2.25. The second-order valence-corrected chi connectivity index (χ2v) is 6.08. The van der Waals surface area contributed by atoms with E-state index in [1.165, 1.54) is 0 Å². The predicted octanol–water partition coefficient (Wildman–Crippen LogP) is 3.13. The molecule has 104 valence electrons. The summed E-state index contributed by atoms with van der Waals surface area (Å²) in [5.41, 5.74) is 1.03. The summed E-state index contributed by atoms with van der Waals surface area (Å²) in [6, 6.07) is 0.158. The van der Waals surface area contributed by atoms with Crippen LogP contribution in [-0.2, 0) is 11.3 Å². The van der Waals surface area contributed by atoms with Crippen LogP contribution in [0.3, 0.4) is 0 Å². The van der Waals surface area contributed by atoms with Gasteiger partial charge >= 0.3 is 0 Å². The molecule has 1 atom stereocenters. The van der Waals surface area contributed by atoms with Crippen LogP contribution >= 0.6 is 15.9 Å². The van der Waals surface area contributed by atoms with E-state index in [2.05, 4.69) is 61.0 Å². The first-order valence-corrected chi connectivity index (χ1v) is 7.26. The van der Waals surface area contributed by atoms with E-state index in [9.17, 15) is 0 Å². The number of likely N-dealkylation sites (N-methyl/N-ethyl adjacent to an activating group) is 1. The molecule has 18 heavy (non-hydrogen) atoms. The quantitative estimate of drug-likeness (QED) is 0.876. The fraction of sp³-hybridized carbons (Fsp3) is 0.769. The zero-order valence-electron chi connectivity index (χ0n) is 12.0. The maximum atomic E-state index is 5.90. The maximum absolute atomic E-state index is 5.90. The largest absolute Gasteiger partial charge is 0.374 e. The molecule has 0 amide bonds. The van der Waals surface area contributed by atoms with Gasteiger partial charge in [0.15, 0.2) is 0 Å². The van der Waals surface area contributed by atoms with Gasteiger partial charge in [0.05, 0.1) is 34.6 Å². The first-order valence-electron chi connectivity index (χ1n) is 6.47. The fourth-order valence-electron chi connectivity index (χ4n) is 1.78. The van der Waals surface area contributed by atoms with Crippen molar-refractivity contribution < 1.29 is 4.74 Å². The van der Waals surface area contributed by atoms with Gasteiger partial charge in [-0.2, -0.15) is 5.10 Å². The van der Waals surface area contributed by atoms with Crippen molar-refractivity contribution in [1.29, 1.82) is 0 Å². The van der Waals surface area contributed by atoms with Gasteiger partial charge in [-0.25, -0.2) is 0 Å². The van der Waals surface area contributed by atoms with Gasteiger partial charge in [-0.1, -0.05) is 6.92 Å². The third kappa shape index (κ3) is 4.37. The molecule has 1 N–H and O–H groups in total. The van der Waals surface area contributed by atoms with E-state index in [0.717, 1.165) is 23.3 Å². The van der Waals surface area contributed by atoms with Crippen LogP contribution < -0.4 is 5.32 Å². The molecule has 1 heterocycles. The monoisotopic (exact) mass is 317 g/mol. The molecule has 0 bridgehead atoms. The lowest BCUT2D eigenvalue weighted by Crippen LogP contribution is -2.32. The number of aryl methyl sites for hydroxylation is 1. The highest BCUT2D eigenvalue weighted by Crippen LogP contribution is 2.25. The highest BCUT2D eigenvalue weighted by atomic mass is 79.9. The lowest BCUT2D eigenvalue weighted by atomic mass is 10.1. The standard InChI is InChI=1S/C13H24BrN3O/c1-6-15-11(9-18-13(3,4)5)12-10(14)8-16-17(12)7-2/h8,11,15H,6-7,9H2,1-5H3. The molecule has 1 unspecified atom stereocenters. The Kier molecular flexibility index (Phi) is 5.82. The van der Waals surface area contributed by atoms with Gasteiger partial charge in [-0.05, 0) is 50.2 Å². The summed E-state index contributed by atoms with van der Waals surface area (Å²) in [6.45, 7) is 12.8. The van der Waals surface area contributed by atoms with Crippen molar-refractivity contribution in [3.63, 3.8) is 0 Å². The summed E-state index contributed by atoms with van der Waals surface area (Å²) in [4.78, 5) is 0. The minimum atomic E-state index is -0.128. The van der Waals surface area contributed by atoms with E-state index in [1.54, 1.807) is 0 Å². The summed E-state index contributed by atoms with van der Waals surface area (Å²) in [7, 11) is 0. The molecule has 4 nitrogen and oxygen atoms in total. The van der Waals surface area contributed by atoms with Gasteiger partial charge in [0.25, 0.3) is 0 Å². The van der Waals surface area contributed by atoms with Crippen LogP contribution in [0.1, 0.15) is 46.4 Å². The number of nitrogens with one attached hydrogen (secondary N) is 1. The Labute approximate surface area is 118 Å². The molecule has 0 spiro atoms. The molecule has 0 aliphatic heterocycles. The van der Waals surface area contributed by atoms with Gasteiger partial charge in [0, 0.05) is 6.54 Å². The van der Waals surface area contributed by atoms with Crippen LogP contribution in [0.2, 0.25) is 0 Å². The SMILES string of the molecule is CCNC(COC(C)(C)C)c1c(Br)cnn1CC. The molecule has 0 radical (unpaired) electrons. The number of ether oxygens (including phenoxy) is 1. The topological polar surface area (TPSA) is 39.1 Å². The Hall–Kier alpha value is -0.390. The van der Waals surface area contributed by atoms with Gasteiger partial charge in [-0.3, -0.25) is 4.68 Å². The Morgan fingerprint density at radius 2 is 2.11 bits per heavy atom. The smallest absolute Gasteiger partial charge is 0.0741 e. The molecule has 0 aromatic carbocycles. The number of nitrogens with zero attached hydrogens (tertiary/aromatic N) is 2. The minimum Gasteiger partial charge on any atom is -0.374 e. The van der Waals surface area contributed by atoms with Crippen LogP contribution in [0.4, 0.5) is 0 Å². The van der Waals surface area contributed by atoms with E-state index in [1.807, 2.05) is 10.9 Å². The second kappa shape index (κ2) is 6.68. The number of aromatic nitrogens is 2. The van der Waals surface area contributed by atoms with Crippen molar-refractivity contribution in [2.45, 2.75) is 52.8 Å². The highest BCUT2D eigenvalue weighted by Gasteiger charge is 2.21. The first-order chi connectivity index (χ1) is 8.39. The highest BCUT2D eigenvalue weighted by molar-refractivity contribution is 9.10. The number of halogens is 1. The molecular formula is C13H24BrN3O. The van der Waals surface area contributed by atoms with E-state index >= 15 is 0 Å². The molecule has 5 heteroatoms. The predicted molar refractivity (Wildman–Crippen MR) is 77.7 cm³/mol. The number of rotatable bonds is 6. The van der Waals surface area contributed by atoms with Gasteiger partial charge < -0.3 is 10.1 Å². The third-order valence-electron chi connectivity index (χ3n) is 2.60. The van der Waals surface area contributed by atoms with Crippen molar-refractivity contribution >= 4 is 15.9 Å². The summed E-state index contributed by atoms with van der Waals surface area (Å²) in [6.07, 6.45) is 1.85. The molecule has 0 aliphatic carbocycles. The fourth-order valence-corrected chi connectivity index (χ4v) is 2.36.